The first kappa shape index (κ1) is 15.4. The van der Waals surface area contributed by atoms with Crippen molar-refractivity contribution in [2.45, 2.75) is 72.0 Å². The van der Waals surface area contributed by atoms with Gasteiger partial charge < -0.3 is 10.2 Å². The molecule has 0 unspecified atom stereocenters. The lowest BCUT2D eigenvalue weighted by atomic mass is 9.79. The van der Waals surface area contributed by atoms with Crippen LogP contribution in [0.4, 0.5) is 5.69 Å². The van der Waals surface area contributed by atoms with Crippen LogP contribution in [0.15, 0.2) is 18.2 Å². The molecule has 1 aromatic carbocycles. The van der Waals surface area contributed by atoms with E-state index in [9.17, 15) is 0 Å². The van der Waals surface area contributed by atoms with Gasteiger partial charge >= 0.3 is 0 Å². The van der Waals surface area contributed by atoms with Crippen LogP contribution in [-0.4, -0.2) is 18.1 Å². The van der Waals surface area contributed by atoms with Gasteiger partial charge in [0.1, 0.15) is 0 Å². The van der Waals surface area contributed by atoms with Gasteiger partial charge in [0.05, 0.1) is 0 Å². The molecule has 20 heavy (non-hydrogen) atoms. The van der Waals surface area contributed by atoms with E-state index in [0.29, 0.717) is 12.0 Å². The zero-order valence-electron chi connectivity index (χ0n) is 14.0. The fraction of sp³-hybridized carbons (Fsp3) is 0.667. The second-order valence-corrected chi connectivity index (χ2v) is 7.09. The Kier molecular flexibility index (Phi) is 4.43. The maximum absolute atomic E-state index is 3.51. The third kappa shape index (κ3) is 3.01. The summed E-state index contributed by atoms with van der Waals surface area (Å²) in [5.74, 6) is 0.641. The number of hydrogen-bond donors (Lipinski definition) is 1. The third-order valence-electron chi connectivity index (χ3n) is 4.48. The molecule has 1 aliphatic heterocycles. The lowest BCUT2D eigenvalue weighted by Gasteiger charge is -2.47. The van der Waals surface area contributed by atoms with Crippen LogP contribution in [0, 0.1) is 0 Å². The largest absolute Gasteiger partial charge is 0.366 e. The Morgan fingerprint density at radius 1 is 1.35 bits per heavy atom. The van der Waals surface area contributed by atoms with Gasteiger partial charge in [0.2, 0.25) is 0 Å². The van der Waals surface area contributed by atoms with E-state index >= 15 is 0 Å². The minimum absolute atomic E-state index is 0.263. The second kappa shape index (κ2) is 5.77. The lowest BCUT2D eigenvalue weighted by molar-refractivity contribution is 0.381. The normalized spacial score (nSPS) is 21.1. The molecule has 0 aromatic heterocycles. The van der Waals surface area contributed by atoms with E-state index in [4.69, 9.17) is 0 Å². The smallest absolute Gasteiger partial charge is 0.0406 e. The first-order chi connectivity index (χ1) is 9.35. The molecule has 0 bridgehead atoms. The van der Waals surface area contributed by atoms with E-state index in [2.05, 4.69) is 70.0 Å². The van der Waals surface area contributed by atoms with Crippen LogP contribution in [0.3, 0.4) is 0 Å². The summed E-state index contributed by atoms with van der Waals surface area (Å²) in [6.45, 7) is 15.8. The van der Waals surface area contributed by atoms with Gasteiger partial charge in [0.15, 0.2) is 0 Å². The summed E-state index contributed by atoms with van der Waals surface area (Å²) in [4.78, 5) is 2.56. The Labute approximate surface area is 124 Å². The van der Waals surface area contributed by atoms with Crippen LogP contribution in [0.5, 0.6) is 0 Å². The van der Waals surface area contributed by atoms with Crippen LogP contribution in [0.1, 0.15) is 65.0 Å². The molecule has 0 spiro atoms. The van der Waals surface area contributed by atoms with Crippen molar-refractivity contribution < 1.29 is 0 Å². The molecule has 2 nitrogen and oxygen atoms in total. The Morgan fingerprint density at radius 3 is 2.65 bits per heavy atom. The summed E-state index contributed by atoms with van der Waals surface area (Å²) in [5.41, 5.74) is 4.62. The molecular weight excluding hydrogens is 244 g/mol. The number of nitrogens with zero attached hydrogens (tertiary/aromatic N) is 1. The highest BCUT2D eigenvalue weighted by Crippen LogP contribution is 2.43. The molecule has 0 radical (unpaired) electrons. The van der Waals surface area contributed by atoms with Crippen molar-refractivity contribution in [3.8, 4) is 0 Å². The number of anilines is 1. The van der Waals surface area contributed by atoms with Gasteiger partial charge in [-0.15, -0.1) is 0 Å². The third-order valence-corrected chi connectivity index (χ3v) is 4.48. The van der Waals surface area contributed by atoms with Crippen LogP contribution in [0.2, 0.25) is 0 Å². The fourth-order valence-electron chi connectivity index (χ4n) is 3.57. The summed E-state index contributed by atoms with van der Waals surface area (Å²) in [6, 6.07) is 7.56. The topological polar surface area (TPSA) is 15.3 Å². The maximum atomic E-state index is 3.51. The maximum Gasteiger partial charge on any atom is 0.0406 e. The summed E-state index contributed by atoms with van der Waals surface area (Å²) < 4.78 is 0. The molecule has 2 rings (SSSR count). The van der Waals surface area contributed by atoms with Crippen molar-refractivity contribution in [3.05, 3.63) is 29.3 Å². The monoisotopic (exact) mass is 274 g/mol. The molecule has 0 aliphatic carbocycles. The summed E-state index contributed by atoms with van der Waals surface area (Å²) in [5, 5.41) is 3.51. The van der Waals surface area contributed by atoms with E-state index in [-0.39, 0.29) is 5.54 Å². The Hall–Kier alpha value is -1.02. The average Bonchev–Trinajstić information content (AvgIpc) is 2.36. The first-order valence-electron chi connectivity index (χ1n) is 7.99. The minimum Gasteiger partial charge on any atom is -0.366 e. The molecule has 0 amide bonds. The van der Waals surface area contributed by atoms with Crippen molar-refractivity contribution in [1.82, 2.24) is 5.32 Å². The summed E-state index contributed by atoms with van der Waals surface area (Å²) in [6.07, 6.45) is 1.23. The number of benzene rings is 1. The SMILES string of the molecule is CCN1c2ccc(CNC(C)C)cc2[C@H](C)CC1(C)C. The lowest BCUT2D eigenvalue weighted by Crippen LogP contribution is -2.48. The molecule has 1 atom stereocenters. The highest BCUT2D eigenvalue weighted by molar-refractivity contribution is 5.60. The molecule has 2 heteroatoms. The Balaban J connectivity index is 2.31. The van der Waals surface area contributed by atoms with Crippen molar-refractivity contribution in [3.63, 3.8) is 0 Å². The average molecular weight is 274 g/mol. The van der Waals surface area contributed by atoms with E-state index in [1.807, 2.05) is 0 Å². The zero-order chi connectivity index (χ0) is 14.9. The molecule has 0 fully saturated rings. The molecular formula is C18H30N2. The Morgan fingerprint density at radius 2 is 2.05 bits per heavy atom. The molecule has 1 heterocycles. The molecule has 1 N–H and O–H groups in total. The predicted octanol–water partition coefficient (Wildman–Crippen LogP) is 4.30. The molecule has 112 valence electrons. The van der Waals surface area contributed by atoms with Crippen molar-refractivity contribution in [2.75, 3.05) is 11.4 Å². The van der Waals surface area contributed by atoms with Crippen LogP contribution < -0.4 is 10.2 Å². The summed E-state index contributed by atoms with van der Waals surface area (Å²) >= 11 is 0. The quantitative estimate of drug-likeness (QED) is 0.880. The van der Waals surface area contributed by atoms with Gasteiger partial charge in [-0.25, -0.2) is 0 Å². The standard InChI is InChI=1S/C18H30N2/c1-7-20-17-9-8-15(12-19-13(2)3)10-16(17)14(4)11-18(20,5)6/h8-10,13-14,19H,7,11-12H2,1-6H3/t14-/m1/s1. The highest BCUT2D eigenvalue weighted by Gasteiger charge is 2.35. The van der Waals surface area contributed by atoms with Gasteiger partial charge in [0.25, 0.3) is 0 Å². The van der Waals surface area contributed by atoms with Crippen molar-refractivity contribution in [1.29, 1.82) is 0 Å². The molecule has 0 saturated heterocycles. The van der Waals surface area contributed by atoms with E-state index in [0.717, 1.165) is 13.1 Å². The first-order valence-corrected chi connectivity index (χ1v) is 7.99. The molecule has 0 saturated carbocycles. The van der Waals surface area contributed by atoms with Crippen LogP contribution in [-0.2, 0) is 6.54 Å². The van der Waals surface area contributed by atoms with Gasteiger partial charge in [-0.05, 0) is 50.3 Å². The number of rotatable bonds is 4. The van der Waals surface area contributed by atoms with Crippen molar-refractivity contribution in [2.24, 2.45) is 0 Å². The van der Waals surface area contributed by atoms with E-state index in [1.54, 1.807) is 0 Å². The van der Waals surface area contributed by atoms with Crippen LogP contribution >= 0.6 is 0 Å². The van der Waals surface area contributed by atoms with Gasteiger partial charge in [0, 0.05) is 30.4 Å². The Bertz CT molecular complexity index is 462. The second-order valence-electron chi connectivity index (χ2n) is 7.09. The van der Waals surface area contributed by atoms with E-state index in [1.165, 1.54) is 23.2 Å². The zero-order valence-corrected chi connectivity index (χ0v) is 14.0. The number of hydrogen-bond acceptors (Lipinski definition) is 2. The minimum atomic E-state index is 0.263. The van der Waals surface area contributed by atoms with Gasteiger partial charge in [-0.2, -0.15) is 0 Å². The number of nitrogens with one attached hydrogen (secondary N) is 1. The predicted molar refractivity (Wildman–Crippen MR) is 88.5 cm³/mol. The van der Waals surface area contributed by atoms with Gasteiger partial charge in [-0.3, -0.25) is 0 Å². The number of fused-ring (bicyclic) bond motifs is 1. The fourth-order valence-corrected chi connectivity index (χ4v) is 3.57. The van der Waals surface area contributed by atoms with Crippen LogP contribution in [0.25, 0.3) is 0 Å². The summed E-state index contributed by atoms with van der Waals surface area (Å²) in [7, 11) is 0. The van der Waals surface area contributed by atoms with Crippen molar-refractivity contribution >= 4 is 5.69 Å². The van der Waals surface area contributed by atoms with E-state index < -0.39 is 0 Å². The van der Waals surface area contributed by atoms with Gasteiger partial charge in [-0.1, -0.05) is 32.9 Å². The highest BCUT2D eigenvalue weighted by atomic mass is 15.2. The molecule has 1 aliphatic rings. The molecule has 1 aromatic rings.